The third-order valence-corrected chi connectivity index (χ3v) is 5.46. The van der Waals surface area contributed by atoms with Crippen molar-refractivity contribution in [2.45, 2.75) is 128 Å². The van der Waals surface area contributed by atoms with Gasteiger partial charge in [0.1, 0.15) is 0 Å². The summed E-state index contributed by atoms with van der Waals surface area (Å²) in [5.74, 6) is -1.01. The lowest BCUT2D eigenvalue weighted by Crippen LogP contribution is -1.93. The van der Waals surface area contributed by atoms with Gasteiger partial charge in [0.15, 0.2) is 0 Å². The van der Waals surface area contributed by atoms with E-state index in [1.165, 1.54) is 102 Å². The molecule has 0 aromatic rings. The van der Waals surface area contributed by atoms with Crippen molar-refractivity contribution in [2.75, 3.05) is 0 Å². The van der Waals surface area contributed by atoms with Crippen LogP contribution in [0.3, 0.4) is 0 Å². The van der Waals surface area contributed by atoms with Gasteiger partial charge in [-0.25, -0.2) is 4.79 Å². The van der Waals surface area contributed by atoms with Crippen molar-refractivity contribution >= 4 is 11.9 Å². The largest absolute Gasteiger partial charge is 0.481 e. The Kier molecular flexibility index (Phi) is 22.4. The molecule has 0 amide bonds. The fraction of sp³-hybridized carbons (Fsp3) is 0.769. The molecule has 0 aromatic heterocycles. The first-order valence-electron chi connectivity index (χ1n) is 12.4. The van der Waals surface area contributed by atoms with Gasteiger partial charge < -0.3 is 9.84 Å². The maximum atomic E-state index is 11.1. The van der Waals surface area contributed by atoms with Crippen LogP contribution < -0.4 is 0 Å². The zero-order chi connectivity index (χ0) is 22.1. The van der Waals surface area contributed by atoms with Crippen molar-refractivity contribution in [1.82, 2.24) is 0 Å². The Balaban J connectivity index is 3.10. The van der Waals surface area contributed by atoms with Crippen LogP contribution in [-0.4, -0.2) is 17.0 Å². The van der Waals surface area contributed by atoms with E-state index in [0.717, 1.165) is 31.9 Å². The van der Waals surface area contributed by atoms with Crippen LogP contribution in [0.1, 0.15) is 128 Å². The van der Waals surface area contributed by atoms with Crippen LogP contribution in [0.4, 0.5) is 0 Å². The smallest absolute Gasteiger partial charge is 0.335 e. The molecule has 1 N–H and O–H groups in total. The van der Waals surface area contributed by atoms with E-state index in [-0.39, 0.29) is 5.97 Å². The molecular formula is C26H46O4. The van der Waals surface area contributed by atoms with E-state index >= 15 is 0 Å². The van der Waals surface area contributed by atoms with Crippen molar-refractivity contribution in [3.05, 3.63) is 25.0 Å². The molecular weight excluding hydrogens is 376 g/mol. The molecule has 174 valence electrons. The second-order valence-corrected chi connectivity index (χ2v) is 8.30. The van der Waals surface area contributed by atoms with Crippen LogP contribution in [0.25, 0.3) is 0 Å². The van der Waals surface area contributed by atoms with E-state index in [2.05, 4.69) is 11.3 Å². The first-order chi connectivity index (χ1) is 14.7. The zero-order valence-corrected chi connectivity index (χ0v) is 19.3. The van der Waals surface area contributed by atoms with Gasteiger partial charge in [-0.3, -0.25) is 4.79 Å². The maximum absolute atomic E-state index is 11.1. The predicted octanol–water partition coefficient (Wildman–Crippen LogP) is 8.12. The van der Waals surface area contributed by atoms with Gasteiger partial charge in [-0.05, 0) is 19.3 Å². The molecule has 4 nitrogen and oxygen atoms in total. The van der Waals surface area contributed by atoms with Crippen molar-refractivity contribution in [3.63, 3.8) is 0 Å². The SMILES string of the molecule is C=COC(=O)C=CCCCCCCCCCCCCCCCCCCCCC(=O)O. The molecule has 0 unspecified atom stereocenters. The second kappa shape index (κ2) is 23.7. The van der Waals surface area contributed by atoms with Gasteiger partial charge in [0.2, 0.25) is 0 Å². The number of carboxylic acid groups (broad SMARTS) is 1. The first-order valence-corrected chi connectivity index (χ1v) is 12.4. The standard InChI is InChI=1S/C26H46O4/c1-2-30-26(29)24-22-20-18-16-14-12-10-8-6-4-3-5-7-9-11-13-15-17-19-21-23-25(27)28/h2,22,24H,1,3-21,23H2,(H,27,28). The van der Waals surface area contributed by atoms with E-state index in [4.69, 9.17) is 5.11 Å². The molecule has 0 saturated heterocycles. The molecule has 0 aromatic carbocycles. The van der Waals surface area contributed by atoms with Gasteiger partial charge >= 0.3 is 11.9 Å². The number of rotatable bonds is 23. The molecule has 0 bridgehead atoms. The van der Waals surface area contributed by atoms with Gasteiger partial charge in [-0.2, -0.15) is 0 Å². The van der Waals surface area contributed by atoms with Crippen LogP contribution >= 0.6 is 0 Å². The lowest BCUT2D eigenvalue weighted by molar-refractivity contribution is -0.137. The highest BCUT2D eigenvalue weighted by Gasteiger charge is 1.97. The minimum absolute atomic E-state index is 0.329. The molecule has 0 radical (unpaired) electrons. The molecule has 0 heterocycles. The minimum atomic E-state index is -0.665. The topological polar surface area (TPSA) is 63.6 Å². The van der Waals surface area contributed by atoms with Gasteiger partial charge in [0.25, 0.3) is 0 Å². The van der Waals surface area contributed by atoms with E-state index in [1.54, 1.807) is 0 Å². The molecule has 0 aliphatic heterocycles. The van der Waals surface area contributed by atoms with Crippen LogP contribution in [0.5, 0.6) is 0 Å². The number of carbonyl (C=O) groups excluding carboxylic acids is 1. The summed E-state index contributed by atoms with van der Waals surface area (Å²) < 4.78 is 4.62. The predicted molar refractivity (Wildman–Crippen MR) is 125 cm³/mol. The number of unbranched alkanes of at least 4 members (excludes halogenated alkanes) is 18. The number of hydrogen-bond donors (Lipinski definition) is 1. The Morgan fingerprint density at radius 1 is 0.633 bits per heavy atom. The number of esters is 1. The number of carboxylic acids is 1. The Bertz CT molecular complexity index is 442. The van der Waals surface area contributed by atoms with E-state index < -0.39 is 5.97 Å². The van der Waals surface area contributed by atoms with Crippen LogP contribution in [0, 0.1) is 0 Å². The molecule has 0 atom stereocenters. The van der Waals surface area contributed by atoms with Crippen molar-refractivity contribution in [2.24, 2.45) is 0 Å². The Hall–Kier alpha value is -1.58. The van der Waals surface area contributed by atoms with Crippen molar-refractivity contribution in [3.8, 4) is 0 Å². The van der Waals surface area contributed by atoms with Gasteiger partial charge in [0.05, 0.1) is 6.26 Å². The average Bonchev–Trinajstić information content (AvgIpc) is 2.71. The minimum Gasteiger partial charge on any atom is -0.481 e. The number of hydrogen-bond acceptors (Lipinski definition) is 3. The normalized spacial score (nSPS) is 11.1. The molecule has 0 fully saturated rings. The molecule has 0 saturated carbocycles. The maximum Gasteiger partial charge on any atom is 0.335 e. The van der Waals surface area contributed by atoms with Crippen molar-refractivity contribution < 1.29 is 19.4 Å². The highest BCUT2D eigenvalue weighted by molar-refractivity contribution is 5.82. The number of carbonyl (C=O) groups is 2. The molecule has 30 heavy (non-hydrogen) atoms. The summed E-state index contributed by atoms with van der Waals surface area (Å²) in [6.45, 7) is 3.35. The fourth-order valence-electron chi connectivity index (χ4n) is 3.67. The monoisotopic (exact) mass is 422 g/mol. The summed E-state index contributed by atoms with van der Waals surface area (Å²) in [6, 6.07) is 0. The summed E-state index contributed by atoms with van der Waals surface area (Å²) in [7, 11) is 0. The highest BCUT2D eigenvalue weighted by Crippen LogP contribution is 2.14. The lowest BCUT2D eigenvalue weighted by Gasteiger charge is -2.04. The quantitative estimate of drug-likeness (QED) is 0.0781. The van der Waals surface area contributed by atoms with Gasteiger partial charge in [-0.15, -0.1) is 0 Å². The molecule has 0 rings (SSSR count). The summed E-state index contributed by atoms with van der Waals surface area (Å²) >= 11 is 0. The highest BCUT2D eigenvalue weighted by atomic mass is 16.5. The Labute approximate surface area is 185 Å². The average molecular weight is 423 g/mol. The summed E-state index contributed by atoms with van der Waals surface area (Å²) in [5, 5.41) is 8.58. The molecule has 4 heteroatoms. The number of allylic oxidation sites excluding steroid dienone is 1. The third kappa shape index (κ3) is 24.5. The van der Waals surface area contributed by atoms with E-state index in [0.29, 0.717) is 6.42 Å². The second-order valence-electron chi connectivity index (χ2n) is 8.30. The molecule has 0 aliphatic carbocycles. The third-order valence-electron chi connectivity index (χ3n) is 5.46. The Morgan fingerprint density at radius 2 is 1.00 bits per heavy atom. The van der Waals surface area contributed by atoms with E-state index in [1.807, 2.05) is 6.08 Å². The van der Waals surface area contributed by atoms with Crippen LogP contribution in [0.15, 0.2) is 25.0 Å². The molecule has 0 spiro atoms. The Morgan fingerprint density at radius 3 is 1.37 bits per heavy atom. The van der Waals surface area contributed by atoms with Gasteiger partial charge in [-0.1, -0.05) is 115 Å². The first kappa shape index (κ1) is 28.4. The number of ether oxygens (including phenoxy) is 1. The number of aliphatic carboxylic acids is 1. The van der Waals surface area contributed by atoms with E-state index in [9.17, 15) is 9.59 Å². The van der Waals surface area contributed by atoms with Gasteiger partial charge in [0, 0.05) is 12.5 Å². The summed E-state index contributed by atoms with van der Waals surface area (Å²) in [6.07, 6.45) is 28.8. The zero-order valence-electron chi connectivity index (χ0n) is 19.3. The van der Waals surface area contributed by atoms with Crippen LogP contribution in [0.2, 0.25) is 0 Å². The summed E-state index contributed by atoms with van der Waals surface area (Å²) in [4.78, 5) is 21.5. The van der Waals surface area contributed by atoms with Crippen molar-refractivity contribution in [1.29, 1.82) is 0 Å². The molecule has 0 aliphatic rings. The lowest BCUT2D eigenvalue weighted by atomic mass is 10.0. The fourth-order valence-corrected chi connectivity index (χ4v) is 3.67. The summed E-state index contributed by atoms with van der Waals surface area (Å²) in [5.41, 5.74) is 0. The van der Waals surface area contributed by atoms with Crippen LogP contribution in [-0.2, 0) is 14.3 Å².